The molecule has 13 heavy (non-hydrogen) atoms. The van der Waals surface area contributed by atoms with Crippen LogP contribution in [-0.4, -0.2) is 15.6 Å². The van der Waals surface area contributed by atoms with E-state index in [1.165, 1.54) is 4.57 Å². The van der Waals surface area contributed by atoms with Gasteiger partial charge < -0.3 is 11.5 Å². The number of hydrogen-bond donors (Lipinski definition) is 2. The lowest BCUT2D eigenvalue weighted by Gasteiger charge is -1.97. The normalized spacial score (nSPS) is 10.5. The van der Waals surface area contributed by atoms with Crippen LogP contribution in [0.4, 0.5) is 10.7 Å². The maximum Gasteiger partial charge on any atom is 0.326 e. The Morgan fingerprint density at radius 2 is 2.08 bits per heavy atom. The van der Waals surface area contributed by atoms with Crippen LogP contribution in [0.3, 0.4) is 0 Å². The van der Waals surface area contributed by atoms with Gasteiger partial charge in [-0.3, -0.25) is 0 Å². The molecule has 0 aliphatic rings. The standard InChI is InChI=1S/C8H8N4O/c9-7-11-5-3-1-2-4-6(5)12(7)8(10)13/h1-4H,(H2,9,11)(H2,10,13). The summed E-state index contributed by atoms with van der Waals surface area (Å²) in [4.78, 5) is 14.9. The zero-order valence-corrected chi connectivity index (χ0v) is 6.77. The minimum atomic E-state index is -0.619. The van der Waals surface area contributed by atoms with Gasteiger partial charge in [-0.1, -0.05) is 12.1 Å². The van der Waals surface area contributed by atoms with Crippen LogP contribution in [0.2, 0.25) is 0 Å². The van der Waals surface area contributed by atoms with Gasteiger partial charge in [0, 0.05) is 0 Å². The molecule has 0 aliphatic heterocycles. The lowest BCUT2D eigenvalue weighted by atomic mass is 10.3. The highest BCUT2D eigenvalue weighted by Crippen LogP contribution is 2.15. The second kappa shape index (κ2) is 2.48. The molecule has 0 radical (unpaired) electrons. The number of hydrogen-bond acceptors (Lipinski definition) is 3. The van der Waals surface area contributed by atoms with Crippen LogP contribution in [0.25, 0.3) is 11.0 Å². The summed E-state index contributed by atoms with van der Waals surface area (Å²) in [6.45, 7) is 0. The average Bonchev–Trinajstić information content (AvgIpc) is 2.39. The fourth-order valence-electron chi connectivity index (χ4n) is 1.28. The first-order valence-corrected chi connectivity index (χ1v) is 3.73. The summed E-state index contributed by atoms with van der Waals surface area (Å²) >= 11 is 0. The second-order valence-corrected chi connectivity index (χ2v) is 2.63. The van der Waals surface area contributed by atoms with Gasteiger partial charge in [-0.05, 0) is 12.1 Å². The molecular weight excluding hydrogens is 168 g/mol. The van der Waals surface area contributed by atoms with E-state index in [0.29, 0.717) is 11.0 Å². The van der Waals surface area contributed by atoms with Gasteiger partial charge in [-0.2, -0.15) is 0 Å². The molecule has 1 aromatic heterocycles. The van der Waals surface area contributed by atoms with Gasteiger partial charge in [0.25, 0.3) is 0 Å². The van der Waals surface area contributed by atoms with Crippen LogP contribution in [0.1, 0.15) is 0 Å². The molecule has 5 heteroatoms. The number of primary amides is 1. The fraction of sp³-hybridized carbons (Fsp3) is 0. The Morgan fingerprint density at radius 3 is 2.77 bits per heavy atom. The predicted octanol–water partition coefficient (Wildman–Crippen LogP) is 0.545. The molecule has 1 amide bonds. The summed E-state index contributed by atoms with van der Waals surface area (Å²) in [5, 5.41) is 0. The number of carbonyl (C=O) groups excluding carboxylic acids is 1. The van der Waals surface area contributed by atoms with Gasteiger partial charge in [0.1, 0.15) is 0 Å². The summed E-state index contributed by atoms with van der Waals surface area (Å²) in [6.07, 6.45) is 0. The number of imidazole rings is 1. The number of amides is 1. The van der Waals surface area contributed by atoms with Gasteiger partial charge in [0.15, 0.2) is 0 Å². The molecule has 1 aromatic carbocycles. The van der Waals surface area contributed by atoms with E-state index in [4.69, 9.17) is 11.5 Å². The van der Waals surface area contributed by atoms with Crippen LogP contribution in [0.5, 0.6) is 0 Å². The van der Waals surface area contributed by atoms with E-state index in [1.807, 2.05) is 6.07 Å². The first kappa shape index (κ1) is 7.60. The number of fused-ring (bicyclic) bond motifs is 1. The molecule has 2 aromatic rings. The maximum absolute atomic E-state index is 11.0. The molecule has 0 aliphatic carbocycles. The minimum Gasteiger partial charge on any atom is -0.369 e. The molecule has 0 unspecified atom stereocenters. The Balaban J connectivity index is 2.86. The minimum absolute atomic E-state index is 0.119. The third kappa shape index (κ3) is 1.01. The van der Waals surface area contributed by atoms with Gasteiger partial charge >= 0.3 is 6.03 Å². The van der Waals surface area contributed by atoms with E-state index in [2.05, 4.69) is 4.98 Å². The monoisotopic (exact) mass is 176 g/mol. The molecule has 5 nitrogen and oxygen atoms in total. The van der Waals surface area contributed by atoms with Crippen molar-refractivity contribution in [2.45, 2.75) is 0 Å². The number of rotatable bonds is 0. The highest BCUT2D eigenvalue weighted by Gasteiger charge is 2.10. The lowest BCUT2D eigenvalue weighted by Crippen LogP contribution is -2.20. The molecule has 0 saturated carbocycles. The van der Waals surface area contributed by atoms with E-state index in [-0.39, 0.29) is 5.95 Å². The first-order valence-electron chi connectivity index (χ1n) is 3.73. The number of nitrogens with two attached hydrogens (primary N) is 2. The molecule has 0 fully saturated rings. The second-order valence-electron chi connectivity index (χ2n) is 2.63. The Morgan fingerprint density at radius 1 is 1.38 bits per heavy atom. The van der Waals surface area contributed by atoms with Gasteiger partial charge in [-0.15, -0.1) is 0 Å². The van der Waals surface area contributed by atoms with Crippen molar-refractivity contribution in [2.75, 3.05) is 5.73 Å². The molecule has 0 saturated heterocycles. The zero-order chi connectivity index (χ0) is 9.42. The summed E-state index contributed by atoms with van der Waals surface area (Å²) < 4.78 is 1.18. The van der Waals surface area contributed by atoms with Crippen molar-refractivity contribution < 1.29 is 4.79 Å². The van der Waals surface area contributed by atoms with Crippen molar-refractivity contribution in [1.29, 1.82) is 0 Å². The molecule has 2 rings (SSSR count). The Labute approximate surface area is 74.0 Å². The zero-order valence-electron chi connectivity index (χ0n) is 6.77. The van der Waals surface area contributed by atoms with Crippen LogP contribution < -0.4 is 11.5 Å². The van der Waals surface area contributed by atoms with Crippen molar-refractivity contribution in [1.82, 2.24) is 9.55 Å². The number of benzene rings is 1. The Hall–Kier alpha value is -2.04. The fourth-order valence-corrected chi connectivity index (χ4v) is 1.28. The third-order valence-electron chi connectivity index (χ3n) is 1.81. The van der Waals surface area contributed by atoms with E-state index in [1.54, 1.807) is 18.2 Å². The number of carbonyl (C=O) groups is 1. The summed E-state index contributed by atoms with van der Waals surface area (Å²) in [7, 11) is 0. The number of nitrogens with zero attached hydrogens (tertiary/aromatic N) is 2. The van der Waals surface area contributed by atoms with Crippen LogP contribution in [-0.2, 0) is 0 Å². The SMILES string of the molecule is NC(=O)n1c(N)nc2ccccc21. The van der Waals surface area contributed by atoms with Crippen LogP contribution in [0, 0.1) is 0 Å². The number of anilines is 1. The average molecular weight is 176 g/mol. The highest BCUT2D eigenvalue weighted by atomic mass is 16.2. The van der Waals surface area contributed by atoms with E-state index >= 15 is 0 Å². The Bertz CT molecular complexity index is 474. The summed E-state index contributed by atoms with van der Waals surface area (Å²) in [5.74, 6) is 0.119. The number of nitrogen functional groups attached to an aromatic ring is 1. The molecule has 66 valence electrons. The largest absolute Gasteiger partial charge is 0.369 e. The highest BCUT2D eigenvalue weighted by molar-refractivity contribution is 5.91. The smallest absolute Gasteiger partial charge is 0.326 e. The lowest BCUT2D eigenvalue weighted by molar-refractivity contribution is 0.251. The summed E-state index contributed by atoms with van der Waals surface area (Å²) in [5.41, 5.74) is 11.9. The van der Waals surface area contributed by atoms with Crippen molar-refractivity contribution in [3.8, 4) is 0 Å². The molecule has 4 N–H and O–H groups in total. The number of aromatic nitrogens is 2. The topological polar surface area (TPSA) is 86.9 Å². The predicted molar refractivity (Wildman–Crippen MR) is 49.1 cm³/mol. The van der Waals surface area contributed by atoms with Crippen molar-refractivity contribution in [2.24, 2.45) is 5.73 Å². The maximum atomic E-state index is 11.0. The molecular formula is C8H8N4O. The number of para-hydroxylation sites is 2. The van der Waals surface area contributed by atoms with Crippen molar-refractivity contribution in [3.63, 3.8) is 0 Å². The molecule has 0 spiro atoms. The molecule has 0 atom stereocenters. The van der Waals surface area contributed by atoms with Gasteiger partial charge in [-0.25, -0.2) is 14.3 Å². The third-order valence-corrected chi connectivity index (χ3v) is 1.81. The van der Waals surface area contributed by atoms with Gasteiger partial charge in [0.2, 0.25) is 5.95 Å². The summed E-state index contributed by atoms with van der Waals surface area (Å²) in [6, 6.07) is 6.50. The van der Waals surface area contributed by atoms with Crippen LogP contribution in [0.15, 0.2) is 24.3 Å². The van der Waals surface area contributed by atoms with Gasteiger partial charge in [0.05, 0.1) is 11.0 Å². The molecule has 1 heterocycles. The van der Waals surface area contributed by atoms with Crippen molar-refractivity contribution >= 4 is 23.0 Å². The van der Waals surface area contributed by atoms with E-state index < -0.39 is 6.03 Å². The first-order chi connectivity index (χ1) is 6.20. The molecule has 0 bridgehead atoms. The quantitative estimate of drug-likeness (QED) is 0.614. The Kier molecular flexibility index (Phi) is 1.45. The van der Waals surface area contributed by atoms with E-state index in [0.717, 1.165) is 0 Å². The van der Waals surface area contributed by atoms with Crippen molar-refractivity contribution in [3.05, 3.63) is 24.3 Å². The van der Waals surface area contributed by atoms with E-state index in [9.17, 15) is 4.79 Å². The van der Waals surface area contributed by atoms with Crippen LogP contribution >= 0.6 is 0 Å².